The van der Waals surface area contributed by atoms with E-state index in [4.69, 9.17) is 0 Å². The maximum absolute atomic E-state index is 13.4. The molecule has 1 aliphatic heterocycles. The molecule has 0 aromatic heterocycles. The Bertz CT molecular complexity index is 1180. The van der Waals surface area contributed by atoms with Crippen LogP contribution in [0, 0.1) is 5.82 Å². The van der Waals surface area contributed by atoms with Crippen molar-refractivity contribution in [1.82, 2.24) is 14.5 Å². The average molecular weight is 490 g/mol. The van der Waals surface area contributed by atoms with E-state index in [0.29, 0.717) is 16.3 Å². The summed E-state index contributed by atoms with van der Waals surface area (Å²) in [5, 5.41) is 2.85. The van der Waals surface area contributed by atoms with Crippen molar-refractivity contribution in [2.24, 2.45) is 0 Å². The van der Waals surface area contributed by atoms with Crippen LogP contribution in [0.3, 0.4) is 0 Å². The number of benzene rings is 2. The Morgan fingerprint density at radius 1 is 1.06 bits per heavy atom. The van der Waals surface area contributed by atoms with Gasteiger partial charge in [-0.15, -0.1) is 0 Å². The maximum Gasteiger partial charge on any atom is 0.269 e. The first-order chi connectivity index (χ1) is 16.1. The third kappa shape index (κ3) is 5.11. The summed E-state index contributed by atoms with van der Waals surface area (Å²) in [7, 11) is -4.19. The van der Waals surface area contributed by atoms with Gasteiger partial charge in [-0.05, 0) is 49.6 Å². The van der Waals surface area contributed by atoms with E-state index in [1.165, 1.54) is 47.4 Å². The van der Waals surface area contributed by atoms with Crippen LogP contribution >= 0.6 is 0 Å². The zero-order valence-electron chi connectivity index (χ0n) is 19.3. The molecule has 1 heterocycles. The summed E-state index contributed by atoms with van der Waals surface area (Å²) < 4.78 is 39.8. The Morgan fingerprint density at radius 3 is 2.29 bits per heavy atom. The quantitative estimate of drug-likeness (QED) is 0.583. The monoisotopic (exact) mass is 489 g/mol. The zero-order valence-corrected chi connectivity index (χ0v) is 20.1. The summed E-state index contributed by atoms with van der Waals surface area (Å²) in [5.41, 5.74) is 0.561. The molecule has 8 nitrogen and oxygen atoms in total. The molecule has 0 bridgehead atoms. The number of carbonyl (C=O) groups excluding carboxylic acids is 3. The maximum atomic E-state index is 13.4. The number of hydrogen-bond donors (Lipinski definition) is 1. The van der Waals surface area contributed by atoms with Crippen LogP contribution in [0.1, 0.15) is 49.5 Å². The van der Waals surface area contributed by atoms with Gasteiger partial charge < -0.3 is 10.2 Å². The van der Waals surface area contributed by atoms with E-state index in [-0.39, 0.29) is 35.4 Å². The molecule has 2 atom stereocenters. The largest absolute Gasteiger partial charge is 0.352 e. The molecule has 10 heteroatoms. The minimum Gasteiger partial charge on any atom is -0.352 e. The minimum atomic E-state index is -4.19. The number of sulfonamides is 1. The van der Waals surface area contributed by atoms with Gasteiger partial charge in [0, 0.05) is 12.6 Å². The molecule has 0 saturated carbocycles. The van der Waals surface area contributed by atoms with Gasteiger partial charge in [0.1, 0.15) is 23.3 Å². The third-order valence-electron chi connectivity index (χ3n) is 5.84. The smallest absolute Gasteiger partial charge is 0.269 e. The van der Waals surface area contributed by atoms with Gasteiger partial charge in [-0.1, -0.05) is 38.1 Å². The molecule has 1 N–H and O–H groups in total. The molecule has 0 aliphatic carbocycles. The van der Waals surface area contributed by atoms with Crippen LogP contribution in [0.2, 0.25) is 0 Å². The van der Waals surface area contributed by atoms with Crippen LogP contribution in [0.4, 0.5) is 4.39 Å². The van der Waals surface area contributed by atoms with E-state index in [2.05, 4.69) is 5.32 Å². The normalized spacial score (nSPS) is 16.0. The Hall–Kier alpha value is -3.27. The highest BCUT2D eigenvalue weighted by Gasteiger charge is 2.43. The number of amides is 3. The SMILES string of the molecule is CC[C@@H](C)NC(=O)[C@H](CC)N(Cc1ccc(F)cc1)C(=O)CN1C(=O)c2ccccc2S1(=O)=O. The Labute approximate surface area is 198 Å². The topological polar surface area (TPSA) is 104 Å². The highest BCUT2D eigenvalue weighted by molar-refractivity contribution is 7.90. The van der Waals surface area contributed by atoms with Crippen molar-refractivity contribution >= 4 is 27.7 Å². The molecule has 0 saturated heterocycles. The summed E-state index contributed by atoms with van der Waals surface area (Å²) in [6.07, 6.45) is 0.947. The van der Waals surface area contributed by atoms with Crippen LogP contribution < -0.4 is 5.32 Å². The molecule has 0 unspecified atom stereocenters. The summed E-state index contributed by atoms with van der Waals surface area (Å²) in [6.45, 7) is 4.68. The lowest BCUT2D eigenvalue weighted by Gasteiger charge is -2.32. The Morgan fingerprint density at radius 2 is 1.71 bits per heavy atom. The summed E-state index contributed by atoms with van der Waals surface area (Å²) in [6, 6.07) is 10.2. The van der Waals surface area contributed by atoms with Crippen molar-refractivity contribution in [3.63, 3.8) is 0 Å². The lowest BCUT2D eigenvalue weighted by molar-refractivity contribution is -0.141. The van der Waals surface area contributed by atoms with Gasteiger partial charge in [0.05, 0.1) is 5.56 Å². The molecule has 3 rings (SSSR count). The van der Waals surface area contributed by atoms with Gasteiger partial charge in [0.25, 0.3) is 15.9 Å². The van der Waals surface area contributed by atoms with E-state index < -0.39 is 40.2 Å². The molecular formula is C24H28FN3O5S. The van der Waals surface area contributed by atoms with Crippen LogP contribution in [0.25, 0.3) is 0 Å². The van der Waals surface area contributed by atoms with Crippen molar-refractivity contribution < 1.29 is 27.2 Å². The van der Waals surface area contributed by atoms with Crippen LogP contribution in [-0.4, -0.2) is 54.0 Å². The molecule has 1 aliphatic rings. The van der Waals surface area contributed by atoms with E-state index in [1.807, 2.05) is 13.8 Å². The fourth-order valence-corrected chi connectivity index (χ4v) is 5.27. The zero-order chi connectivity index (χ0) is 25.0. The average Bonchev–Trinajstić information content (AvgIpc) is 3.00. The van der Waals surface area contributed by atoms with Crippen molar-refractivity contribution in [1.29, 1.82) is 0 Å². The first-order valence-corrected chi connectivity index (χ1v) is 12.5. The number of nitrogens with zero attached hydrogens (tertiary/aromatic N) is 2. The van der Waals surface area contributed by atoms with E-state index in [1.54, 1.807) is 13.0 Å². The van der Waals surface area contributed by atoms with Crippen LogP contribution in [0.15, 0.2) is 53.4 Å². The third-order valence-corrected chi connectivity index (χ3v) is 7.63. The number of rotatable bonds is 9. The van der Waals surface area contributed by atoms with Gasteiger partial charge in [0.15, 0.2) is 0 Å². The Balaban J connectivity index is 1.92. The van der Waals surface area contributed by atoms with E-state index in [9.17, 15) is 27.2 Å². The van der Waals surface area contributed by atoms with E-state index in [0.717, 1.165) is 0 Å². The number of carbonyl (C=O) groups is 3. The van der Waals surface area contributed by atoms with E-state index >= 15 is 0 Å². The number of fused-ring (bicyclic) bond motifs is 1. The number of hydrogen-bond acceptors (Lipinski definition) is 5. The molecule has 2 aromatic rings. The van der Waals surface area contributed by atoms with Gasteiger partial charge in [-0.2, -0.15) is 0 Å². The molecule has 34 heavy (non-hydrogen) atoms. The van der Waals surface area contributed by atoms with Crippen molar-refractivity contribution in [2.45, 2.75) is 57.1 Å². The van der Waals surface area contributed by atoms with Gasteiger partial charge in [0.2, 0.25) is 11.8 Å². The van der Waals surface area contributed by atoms with Crippen molar-refractivity contribution in [2.75, 3.05) is 6.54 Å². The minimum absolute atomic E-state index is 0.00180. The van der Waals surface area contributed by atoms with Crippen LogP contribution in [-0.2, 0) is 26.2 Å². The van der Waals surface area contributed by atoms with Gasteiger partial charge >= 0.3 is 0 Å². The molecule has 0 radical (unpaired) electrons. The number of halogens is 1. The second-order valence-corrected chi connectivity index (χ2v) is 10.0. The highest BCUT2D eigenvalue weighted by atomic mass is 32.2. The van der Waals surface area contributed by atoms with Gasteiger partial charge in [-0.25, -0.2) is 17.1 Å². The molecule has 0 spiro atoms. The lowest BCUT2D eigenvalue weighted by Crippen LogP contribution is -2.53. The predicted octanol–water partition coefficient (Wildman–Crippen LogP) is 2.69. The summed E-state index contributed by atoms with van der Waals surface area (Å²) in [4.78, 5) is 40.3. The second kappa shape index (κ2) is 10.3. The summed E-state index contributed by atoms with van der Waals surface area (Å²) >= 11 is 0. The lowest BCUT2D eigenvalue weighted by atomic mass is 10.1. The summed E-state index contributed by atoms with van der Waals surface area (Å²) in [5.74, 6) is -2.33. The van der Waals surface area contributed by atoms with Crippen molar-refractivity contribution in [3.05, 3.63) is 65.5 Å². The molecular weight excluding hydrogens is 461 g/mol. The molecule has 0 fully saturated rings. The first-order valence-electron chi connectivity index (χ1n) is 11.1. The predicted molar refractivity (Wildman–Crippen MR) is 124 cm³/mol. The molecule has 2 aromatic carbocycles. The van der Waals surface area contributed by atoms with Crippen molar-refractivity contribution in [3.8, 4) is 0 Å². The fourth-order valence-electron chi connectivity index (χ4n) is 3.75. The Kier molecular flexibility index (Phi) is 7.71. The van der Waals surface area contributed by atoms with Gasteiger partial charge in [-0.3, -0.25) is 14.4 Å². The number of nitrogens with one attached hydrogen (secondary N) is 1. The highest BCUT2D eigenvalue weighted by Crippen LogP contribution is 2.30. The first kappa shape index (κ1) is 25.4. The fraction of sp³-hybridized carbons (Fsp3) is 0.375. The standard InChI is InChI=1S/C24H28FN3O5S/c1-4-16(3)26-23(30)20(5-2)27(14-17-10-12-18(25)13-11-17)22(29)15-28-24(31)19-8-6-7-9-21(19)34(28,32)33/h6-13,16,20H,4-5,14-15H2,1-3H3,(H,26,30)/t16-,20+/m1/s1. The molecule has 3 amide bonds. The molecule has 182 valence electrons. The second-order valence-electron chi connectivity index (χ2n) is 8.20. The van der Waals surface area contributed by atoms with Crippen LogP contribution in [0.5, 0.6) is 0 Å².